The summed E-state index contributed by atoms with van der Waals surface area (Å²) in [7, 11) is 0. The highest BCUT2D eigenvalue weighted by atomic mass is 16.5. The predicted octanol–water partition coefficient (Wildman–Crippen LogP) is 2.75. The Morgan fingerprint density at radius 2 is 2.06 bits per heavy atom. The third-order valence-electron chi connectivity index (χ3n) is 9.75. The number of aliphatic carboxylic acids is 1. The first-order valence-electron chi connectivity index (χ1n) is 11.8. The number of ether oxygens (including phenoxy) is 1. The highest BCUT2D eigenvalue weighted by molar-refractivity contribution is 5.81. The normalized spacial score (nSPS) is 43.5. The van der Waals surface area contributed by atoms with Crippen molar-refractivity contribution in [1.29, 1.82) is 0 Å². The number of carboxylic acids is 1. The molecule has 164 valence electrons. The minimum Gasteiger partial charge on any atom is -0.504 e. The fourth-order valence-corrected chi connectivity index (χ4v) is 8.15. The topological polar surface area (TPSA) is 90.2 Å². The summed E-state index contributed by atoms with van der Waals surface area (Å²) >= 11 is 0. The largest absolute Gasteiger partial charge is 0.504 e. The van der Waals surface area contributed by atoms with Crippen molar-refractivity contribution in [2.24, 2.45) is 11.3 Å². The van der Waals surface area contributed by atoms with Gasteiger partial charge in [0.25, 0.3) is 0 Å². The van der Waals surface area contributed by atoms with Crippen LogP contribution in [0.1, 0.15) is 56.1 Å². The molecule has 1 saturated heterocycles. The molecule has 6 nitrogen and oxygen atoms in total. The summed E-state index contributed by atoms with van der Waals surface area (Å²) in [5.41, 5.74) is 1.31. The summed E-state index contributed by atoms with van der Waals surface area (Å²) in [6, 6.07) is 3.81. The van der Waals surface area contributed by atoms with Crippen LogP contribution in [-0.2, 0) is 16.6 Å². The van der Waals surface area contributed by atoms with Gasteiger partial charge in [0.1, 0.15) is 6.10 Å². The van der Waals surface area contributed by atoms with Crippen LogP contribution in [0.5, 0.6) is 11.5 Å². The molecule has 4 fully saturated rings. The zero-order valence-electron chi connectivity index (χ0n) is 17.6. The number of likely N-dealkylation sites (tertiary alicyclic amines) is 1. The summed E-state index contributed by atoms with van der Waals surface area (Å²) < 4.78 is 6.61. The van der Waals surface area contributed by atoms with Crippen LogP contribution < -0.4 is 4.74 Å². The quantitative estimate of drug-likeness (QED) is 0.648. The zero-order chi connectivity index (χ0) is 21.2. The van der Waals surface area contributed by atoms with Gasteiger partial charge in [-0.25, -0.2) is 4.79 Å². The molecule has 6 aliphatic rings. The van der Waals surface area contributed by atoms with Crippen LogP contribution >= 0.6 is 0 Å². The lowest BCUT2D eigenvalue weighted by atomic mass is 9.40. The zero-order valence-corrected chi connectivity index (χ0v) is 17.6. The molecule has 0 radical (unpaired) electrons. The summed E-state index contributed by atoms with van der Waals surface area (Å²) in [6.07, 6.45) is 8.28. The fourth-order valence-electron chi connectivity index (χ4n) is 8.15. The number of benzene rings is 1. The molecule has 6 heteroatoms. The molecule has 0 aromatic heterocycles. The molecule has 31 heavy (non-hydrogen) atoms. The Kier molecular flexibility index (Phi) is 3.37. The number of nitrogens with zero attached hydrogens (tertiary/aromatic N) is 1. The van der Waals surface area contributed by atoms with E-state index in [0.29, 0.717) is 12.2 Å². The fraction of sp³-hybridized carbons (Fsp3) is 0.640. The number of phenolic OH excluding ortho intramolecular Hbond substituents is 1. The number of piperidine rings is 1. The Labute approximate surface area is 181 Å². The van der Waals surface area contributed by atoms with Crippen molar-refractivity contribution in [3.63, 3.8) is 0 Å². The van der Waals surface area contributed by atoms with Crippen LogP contribution in [0.2, 0.25) is 0 Å². The molecule has 0 amide bonds. The van der Waals surface area contributed by atoms with Crippen LogP contribution in [0, 0.1) is 11.3 Å². The number of aliphatic hydroxyl groups is 1. The minimum atomic E-state index is -0.911. The molecular weight excluding hydrogens is 394 g/mol. The Hall–Kier alpha value is -2.05. The predicted molar refractivity (Wildman–Crippen MR) is 112 cm³/mol. The van der Waals surface area contributed by atoms with Gasteiger partial charge in [-0.1, -0.05) is 11.6 Å². The highest BCUT2D eigenvalue weighted by Crippen LogP contribution is 2.72. The standard InChI is InChI=1S/C25H29NO5/c27-17-4-3-15-11-18-25(30)8-7-23(6-5-16(23)12-19(28)29)22-24(25,20(15)21(17)31-22)9-10-26(18)13-14-1-2-14/h3-4,12,14,18,22,27,30H,1-2,5-11,13H2,(H,28,29)/b16-12+/t18-,22+,23+,24+,25-/m1/s1. The van der Waals surface area contributed by atoms with Crippen molar-refractivity contribution in [1.82, 2.24) is 4.90 Å². The van der Waals surface area contributed by atoms with Crippen molar-refractivity contribution in [3.05, 3.63) is 34.9 Å². The van der Waals surface area contributed by atoms with Crippen LogP contribution in [0.4, 0.5) is 0 Å². The number of phenols is 1. The van der Waals surface area contributed by atoms with E-state index in [2.05, 4.69) is 4.90 Å². The number of aromatic hydroxyl groups is 1. The maximum absolute atomic E-state index is 12.5. The van der Waals surface area contributed by atoms with Gasteiger partial charge in [-0.15, -0.1) is 0 Å². The molecule has 3 N–H and O–H groups in total. The minimum absolute atomic E-state index is 0.0558. The molecule has 2 spiro atoms. The third kappa shape index (κ3) is 2.04. The number of fused-ring (bicyclic) bond motifs is 1. The second-order valence-electron chi connectivity index (χ2n) is 10.9. The Morgan fingerprint density at radius 1 is 1.23 bits per heavy atom. The second kappa shape index (κ2) is 5.65. The van der Waals surface area contributed by atoms with E-state index in [1.807, 2.05) is 6.07 Å². The van der Waals surface area contributed by atoms with Crippen molar-refractivity contribution in [2.45, 2.75) is 74.5 Å². The lowest BCUT2D eigenvalue weighted by Crippen LogP contribution is -2.78. The van der Waals surface area contributed by atoms with Crippen molar-refractivity contribution >= 4 is 5.97 Å². The summed E-state index contributed by atoms with van der Waals surface area (Å²) in [6.45, 7) is 1.98. The molecule has 7 rings (SSSR count). The van der Waals surface area contributed by atoms with Gasteiger partial charge in [-0.05, 0) is 75.5 Å². The van der Waals surface area contributed by atoms with E-state index < -0.39 is 17.0 Å². The lowest BCUT2D eigenvalue weighted by molar-refractivity contribution is -0.218. The monoisotopic (exact) mass is 423 g/mol. The van der Waals surface area contributed by atoms with Gasteiger partial charge >= 0.3 is 5.97 Å². The maximum atomic E-state index is 12.5. The third-order valence-corrected chi connectivity index (χ3v) is 9.75. The molecule has 3 saturated carbocycles. The average molecular weight is 424 g/mol. The van der Waals surface area contributed by atoms with E-state index in [1.165, 1.54) is 24.5 Å². The van der Waals surface area contributed by atoms with Crippen molar-refractivity contribution < 1.29 is 24.9 Å². The molecule has 1 aromatic carbocycles. The molecule has 0 unspecified atom stereocenters. The number of hydrogen-bond donors (Lipinski definition) is 3. The summed E-state index contributed by atoms with van der Waals surface area (Å²) in [5, 5.41) is 32.7. The Bertz CT molecular complexity index is 1050. The van der Waals surface area contributed by atoms with Gasteiger partial charge < -0.3 is 20.1 Å². The van der Waals surface area contributed by atoms with Gasteiger partial charge in [-0.3, -0.25) is 4.90 Å². The van der Waals surface area contributed by atoms with Gasteiger partial charge in [0.05, 0.1) is 11.0 Å². The number of carbonyl (C=O) groups is 1. The first-order valence-corrected chi connectivity index (χ1v) is 11.8. The highest BCUT2D eigenvalue weighted by Gasteiger charge is 2.77. The van der Waals surface area contributed by atoms with Crippen LogP contribution in [0.25, 0.3) is 0 Å². The van der Waals surface area contributed by atoms with E-state index in [4.69, 9.17) is 4.74 Å². The van der Waals surface area contributed by atoms with Gasteiger partial charge in [-0.2, -0.15) is 0 Å². The first kappa shape index (κ1) is 18.5. The molecule has 2 aliphatic heterocycles. The molecule has 2 heterocycles. The first-order chi connectivity index (χ1) is 14.9. The van der Waals surface area contributed by atoms with E-state index in [1.54, 1.807) is 6.07 Å². The van der Waals surface area contributed by atoms with E-state index in [9.17, 15) is 20.1 Å². The van der Waals surface area contributed by atoms with E-state index in [0.717, 1.165) is 62.2 Å². The van der Waals surface area contributed by atoms with E-state index >= 15 is 0 Å². The Morgan fingerprint density at radius 3 is 2.77 bits per heavy atom. The van der Waals surface area contributed by atoms with Crippen molar-refractivity contribution in [3.8, 4) is 11.5 Å². The number of carboxylic acid groups (broad SMARTS) is 1. The van der Waals surface area contributed by atoms with Crippen LogP contribution in [0.3, 0.4) is 0 Å². The summed E-state index contributed by atoms with van der Waals surface area (Å²) in [4.78, 5) is 14.1. The summed E-state index contributed by atoms with van der Waals surface area (Å²) in [5.74, 6) is 0.531. The lowest BCUT2D eigenvalue weighted by Gasteiger charge is -2.68. The van der Waals surface area contributed by atoms with Gasteiger partial charge in [0.2, 0.25) is 0 Å². The molecule has 4 aliphatic carbocycles. The average Bonchev–Trinajstić information content (AvgIpc) is 3.46. The molecular formula is C25H29NO5. The second-order valence-corrected chi connectivity index (χ2v) is 10.9. The molecule has 2 bridgehead atoms. The smallest absolute Gasteiger partial charge is 0.328 e. The molecule has 5 atom stereocenters. The van der Waals surface area contributed by atoms with Crippen LogP contribution in [-0.4, -0.2) is 57.0 Å². The van der Waals surface area contributed by atoms with Gasteiger partial charge in [0.15, 0.2) is 11.5 Å². The maximum Gasteiger partial charge on any atom is 0.328 e. The van der Waals surface area contributed by atoms with Crippen molar-refractivity contribution in [2.75, 3.05) is 13.1 Å². The number of rotatable bonds is 3. The van der Waals surface area contributed by atoms with Gasteiger partial charge in [0, 0.05) is 29.6 Å². The SMILES string of the molecule is O=C(O)/C=C1\CC[C@]12CC[C@@]1(O)[C@H]3Cc4ccc(O)c5c4[C@@]1(CCN3CC1CC1)[C@H]2O5. The molecule has 1 aromatic rings. The Balaban J connectivity index is 1.43. The van der Waals surface area contributed by atoms with Crippen LogP contribution in [0.15, 0.2) is 23.8 Å². The number of hydrogen-bond acceptors (Lipinski definition) is 5. The van der Waals surface area contributed by atoms with E-state index in [-0.39, 0.29) is 23.3 Å².